The molecule has 150 valence electrons. The molecule has 0 spiro atoms. The van der Waals surface area contributed by atoms with E-state index in [0.717, 1.165) is 42.3 Å². The van der Waals surface area contributed by atoms with Crippen LogP contribution in [0.3, 0.4) is 0 Å². The molecule has 5 nitrogen and oxygen atoms in total. The van der Waals surface area contributed by atoms with Crippen LogP contribution in [0.5, 0.6) is 0 Å². The van der Waals surface area contributed by atoms with E-state index in [2.05, 4.69) is 18.8 Å². The highest BCUT2D eigenvalue weighted by atomic mass is 32.2. The lowest BCUT2D eigenvalue weighted by molar-refractivity contribution is -0.119. The van der Waals surface area contributed by atoms with Gasteiger partial charge in [0.05, 0.1) is 11.1 Å². The van der Waals surface area contributed by atoms with Gasteiger partial charge in [-0.15, -0.1) is 17.9 Å². The number of aryl methyl sites for hydroxylation is 1. The van der Waals surface area contributed by atoms with Gasteiger partial charge < -0.3 is 5.32 Å². The summed E-state index contributed by atoms with van der Waals surface area (Å²) >= 11 is 3.01. The first-order chi connectivity index (χ1) is 13.6. The molecule has 1 atom stereocenters. The van der Waals surface area contributed by atoms with Crippen LogP contribution in [0, 0.1) is 5.92 Å². The van der Waals surface area contributed by atoms with Crippen molar-refractivity contribution in [2.45, 2.75) is 69.6 Å². The number of carbonyl (C=O) groups excluding carboxylic acids is 1. The van der Waals surface area contributed by atoms with Gasteiger partial charge in [-0.3, -0.25) is 14.2 Å². The predicted molar refractivity (Wildman–Crippen MR) is 116 cm³/mol. The SMILES string of the molecule is C=CCn1c(SCC(=O)NC2CCCC2)nc2sc3c(c2c1=O)CCC(C)C3. The van der Waals surface area contributed by atoms with Gasteiger partial charge in [-0.2, -0.15) is 0 Å². The van der Waals surface area contributed by atoms with Crippen molar-refractivity contribution in [2.75, 3.05) is 5.75 Å². The lowest BCUT2D eigenvalue weighted by Gasteiger charge is -2.17. The Hall–Kier alpha value is -1.60. The van der Waals surface area contributed by atoms with Crippen molar-refractivity contribution in [3.05, 3.63) is 33.4 Å². The highest BCUT2D eigenvalue weighted by Crippen LogP contribution is 2.36. The standard InChI is InChI=1S/C21H27N3O2S2/c1-3-10-24-20(26)18-15-9-8-13(2)11-16(15)28-19(18)23-21(24)27-12-17(25)22-14-6-4-5-7-14/h3,13-14H,1,4-12H2,2H3,(H,22,25). The van der Waals surface area contributed by atoms with Gasteiger partial charge in [0.15, 0.2) is 5.16 Å². The van der Waals surface area contributed by atoms with E-state index < -0.39 is 0 Å². The van der Waals surface area contributed by atoms with E-state index >= 15 is 0 Å². The van der Waals surface area contributed by atoms with E-state index in [1.807, 2.05) is 0 Å². The number of thioether (sulfide) groups is 1. The van der Waals surface area contributed by atoms with Crippen molar-refractivity contribution in [2.24, 2.45) is 5.92 Å². The molecular weight excluding hydrogens is 390 g/mol. The molecule has 2 aromatic rings. The molecule has 2 aromatic heterocycles. The lowest BCUT2D eigenvalue weighted by atomic mass is 9.89. The molecule has 0 aliphatic heterocycles. The molecule has 28 heavy (non-hydrogen) atoms. The van der Waals surface area contributed by atoms with Crippen LogP contribution in [-0.2, 0) is 24.2 Å². The Morgan fingerprint density at radius 2 is 2.18 bits per heavy atom. The van der Waals surface area contributed by atoms with Crippen LogP contribution in [0.2, 0.25) is 0 Å². The largest absolute Gasteiger partial charge is 0.353 e. The molecule has 1 unspecified atom stereocenters. The Morgan fingerprint density at radius 1 is 1.39 bits per heavy atom. The number of nitrogens with zero attached hydrogens (tertiary/aromatic N) is 2. The average Bonchev–Trinajstić information content (AvgIpc) is 3.29. The van der Waals surface area contributed by atoms with Gasteiger partial charge >= 0.3 is 0 Å². The van der Waals surface area contributed by atoms with Crippen LogP contribution in [0.15, 0.2) is 22.6 Å². The summed E-state index contributed by atoms with van der Waals surface area (Å²) in [4.78, 5) is 32.5. The van der Waals surface area contributed by atoms with Gasteiger partial charge in [0, 0.05) is 17.5 Å². The summed E-state index contributed by atoms with van der Waals surface area (Å²) in [6.45, 7) is 6.47. The summed E-state index contributed by atoms with van der Waals surface area (Å²) in [5.74, 6) is 0.966. The van der Waals surface area contributed by atoms with E-state index in [-0.39, 0.29) is 17.2 Å². The first-order valence-electron chi connectivity index (χ1n) is 10.1. The van der Waals surface area contributed by atoms with Crippen LogP contribution in [-0.4, -0.2) is 27.3 Å². The molecule has 1 fully saturated rings. The van der Waals surface area contributed by atoms with Gasteiger partial charge in [-0.25, -0.2) is 4.98 Å². The molecule has 1 amide bonds. The quantitative estimate of drug-likeness (QED) is 0.440. The third-order valence-corrected chi connectivity index (χ3v) is 7.87. The fourth-order valence-corrected chi connectivity index (χ4v) is 6.52. The van der Waals surface area contributed by atoms with Crippen LogP contribution in [0.25, 0.3) is 10.2 Å². The fraction of sp³-hybridized carbons (Fsp3) is 0.571. The smallest absolute Gasteiger partial charge is 0.263 e. The number of rotatable bonds is 6. The van der Waals surface area contributed by atoms with Crippen LogP contribution in [0.1, 0.15) is 49.5 Å². The summed E-state index contributed by atoms with van der Waals surface area (Å²) < 4.78 is 1.67. The fourth-order valence-electron chi connectivity index (χ4n) is 4.27. The number of aromatic nitrogens is 2. The zero-order valence-electron chi connectivity index (χ0n) is 16.3. The molecular formula is C21H27N3O2S2. The predicted octanol–water partition coefficient (Wildman–Crippen LogP) is 3.92. The van der Waals surface area contributed by atoms with Crippen molar-refractivity contribution < 1.29 is 4.79 Å². The number of nitrogens with one attached hydrogen (secondary N) is 1. The van der Waals surface area contributed by atoms with Gasteiger partial charge in [0.2, 0.25) is 5.91 Å². The molecule has 2 heterocycles. The second-order valence-electron chi connectivity index (χ2n) is 7.97. The molecule has 0 radical (unpaired) electrons. The number of carbonyl (C=O) groups is 1. The third-order valence-electron chi connectivity index (χ3n) is 5.74. The molecule has 0 saturated heterocycles. The van der Waals surface area contributed by atoms with Gasteiger partial charge in [0.1, 0.15) is 4.83 Å². The maximum absolute atomic E-state index is 13.2. The first kappa shape index (κ1) is 19.7. The Kier molecular flexibility index (Phi) is 5.92. The van der Waals surface area contributed by atoms with Crippen LogP contribution >= 0.6 is 23.1 Å². The number of hydrogen-bond acceptors (Lipinski definition) is 5. The first-order valence-corrected chi connectivity index (χ1v) is 11.9. The molecule has 2 aliphatic rings. The van der Waals surface area contributed by atoms with Crippen molar-refractivity contribution in [3.8, 4) is 0 Å². The Morgan fingerprint density at radius 3 is 2.93 bits per heavy atom. The van der Waals surface area contributed by atoms with E-state index in [0.29, 0.717) is 23.7 Å². The molecule has 0 bridgehead atoms. The summed E-state index contributed by atoms with van der Waals surface area (Å²) in [5.41, 5.74) is 1.21. The van der Waals surface area contributed by atoms with Crippen molar-refractivity contribution in [1.29, 1.82) is 0 Å². The maximum Gasteiger partial charge on any atom is 0.263 e. The molecule has 2 aliphatic carbocycles. The third kappa shape index (κ3) is 3.92. The molecule has 1 N–H and O–H groups in total. The summed E-state index contributed by atoms with van der Waals surface area (Å²) in [6, 6.07) is 0.310. The summed E-state index contributed by atoms with van der Waals surface area (Å²) in [6.07, 6.45) is 9.35. The highest BCUT2D eigenvalue weighted by molar-refractivity contribution is 7.99. The van der Waals surface area contributed by atoms with Crippen LogP contribution in [0.4, 0.5) is 0 Å². The molecule has 7 heteroatoms. The monoisotopic (exact) mass is 417 g/mol. The van der Waals surface area contributed by atoms with Gasteiger partial charge in [-0.05, 0) is 43.6 Å². The topological polar surface area (TPSA) is 64.0 Å². The second kappa shape index (κ2) is 8.41. The summed E-state index contributed by atoms with van der Waals surface area (Å²) in [7, 11) is 0. The number of amides is 1. The summed E-state index contributed by atoms with van der Waals surface area (Å²) in [5, 5.41) is 4.51. The number of allylic oxidation sites excluding steroid dienone is 1. The minimum absolute atomic E-state index is 0.00986. The van der Waals surface area contributed by atoms with Gasteiger partial charge in [0.25, 0.3) is 5.56 Å². The normalized spacial score (nSPS) is 19.7. The zero-order chi connectivity index (χ0) is 19.7. The Bertz CT molecular complexity index is 957. The minimum Gasteiger partial charge on any atom is -0.353 e. The number of thiophene rings is 1. The van der Waals surface area contributed by atoms with E-state index in [1.54, 1.807) is 22.0 Å². The number of hydrogen-bond donors (Lipinski definition) is 1. The Labute approximate surface area is 173 Å². The van der Waals surface area contributed by atoms with Gasteiger partial charge in [-0.1, -0.05) is 37.6 Å². The van der Waals surface area contributed by atoms with Crippen molar-refractivity contribution in [3.63, 3.8) is 0 Å². The van der Waals surface area contributed by atoms with Crippen LogP contribution < -0.4 is 10.9 Å². The average molecular weight is 418 g/mol. The van der Waals surface area contributed by atoms with E-state index in [4.69, 9.17) is 4.98 Å². The Balaban J connectivity index is 1.61. The highest BCUT2D eigenvalue weighted by Gasteiger charge is 2.25. The second-order valence-corrected chi connectivity index (χ2v) is 9.99. The molecule has 1 saturated carbocycles. The van der Waals surface area contributed by atoms with E-state index in [1.165, 1.54) is 35.0 Å². The van der Waals surface area contributed by atoms with Crippen molar-refractivity contribution >= 4 is 39.2 Å². The lowest BCUT2D eigenvalue weighted by Crippen LogP contribution is -2.34. The van der Waals surface area contributed by atoms with E-state index in [9.17, 15) is 9.59 Å². The maximum atomic E-state index is 13.2. The zero-order valence-corrected chi connectivity index (χ0v) is 18.0. The molecule has 4 rings (SSSR count). The number of fused-ring (bicyclic) bond motifs is 3. The molecule has 0 aromatic carbocycles. The minimum atomic E-state index is 0.00986. The van der Waals surface area contributed by atoms with Crippen molar-refractivity contribution in [1.82, 2.24) is 14.9 Å².